The molecular weight excluding hydrogens is 240 g/mol. The van der Waals surface area contributed by atoms with Crippen molar-refractivity contribution >= 4 is 11.8 Å². The Morgan fingerprint density at radius 2 is 1.95 bits per heavy atom. The van der Waals surface area contributed by atoms with Crippen LogP contribution in [0.4, 0.5) is 10.5 Å². The standard InChI is InChI=1S/C15H22N2O2/c1-15(2,3)19-14(18)17-8-6-11-4-5-13(16)10-12(11)7-9-17/h4-5,10H,6-9,16H2,1-3H3/i6D,7D,8D,9D. The van der Waals surface area contributed by atoms with Gasteiger partial charge in [-0.15, -0.1) is 0 Å². The van der Waals surface area contributed by atoms with Gasteiger partial charge in [-0.05, 0) is 56.8 Å². The van der Waals surface area contributed by atoms with Crippen molar-refractivity contribution < 1.29 is 15.0 Å². The molecule has 0 fully saturated rings. The molecule has 0 aromatic heterocycles. The number of ether oxygens (including phenoxy) is 1. The molecule has 19 heavy (non-hydrogen) atoms. The summed E-state index contributed by atoms with van der Waals surface area (Å²) in [6.07, 6.45) is -3.07. The number of nitrogens with zero attached hydrogens (tertiary/aromatic N) is 1. The highest BCUT2D eigenvalue weighted by molar-refractivity contribution is 5.68. The van der Waals surface area contributed by atoms with Gasteiger partial charge in [-0.3, -0.25) is 0 Å². The molecule has 4 unspecified atom stereocenters. The van der Waals surface area contributed by atoms with E-state index in [0.29, 0.717) is 16.8 Å². The van der Waals surface area contributed by atoms with Crippen molar-refractivity contribution in [3.63, 3.8) is 0 Å². The summed E-state index contributed by atoms with van der Waals surface area (Å²) in [5.74, 6) is 0. The molecule has 0 spiro atoms. The van der Waals surface area contributed by atoms with Crippen LogP contribution in [0, 0.1) is 0 Å². The summed E-state index contributed by atoms with van der Waals surface area (Å²) >= 11 is 0. The lowest BCUT2D eigenvalue weighted by molar-refractivity contribution is 0.0258. The van der Waals surface area contributed by atoms with Crippen molar-refractivity contribution in [2.75, 3.05) is 18.8 Å². The maximum absolute atomic E-state index is 12.4. The molecule has 0 saturated carbocycles. The first-order valence-corrected chi connectivity index (χ1v) is 6.12. The van der Waals surface area contributed by atoms with Crippen LogP contribution in [0.1, 0.15) is 37.4 Å². The molecule has 4 atom stereocenters. The first-order chi connectivity index (χ1) is 10.5. The van der Waals surface area contributed by atoms with Gasteiger partial charge in [0.15, 0.2) is 0 Å². The zero-order chi connectivity index (χ0) is 17.5. The normalized spacial score (nSPS) is 34.2. The maximum atomic E-state index is 12.4. The van der Waals surface area contributed by atoms with Crippen molar-refractivity contribution in [2.24, 2.45) is 0 Å². The number of amides is 1. The number of nitrogens with two attached hydrogens (primary N) is 1. The molecule has 1 aliphatic heterocycles. The summed E-state index contributed by atoms with van der Waals surface area (Å²) in [6, 6.07) is 4.74. The first-order valence-electron chi connectivity index (χ1n) is 8.43. The SMILES string of the molecule is [2H]C1c2ccc(N)cc2C([2H])C([2H])N(C(=O)OC(C)(C)C)C1[2H]. The van der Waals surface area contributed by atoms with E-state index in [1.165, 1.54) is 0 Å². The molecule has 4 heteroatoms. The molecule has 1 heterocycles. The third-order valence-corrected chi connectivity index (χ3v) is 2.54. The van der Waals surface area contributed by atoms with Gasteiger partial charge in [-0.25, -0.2) is 4.79 Å². The number of carbonyl (C=O) groups is 1. The van der Waals surface area contributed by atoms with Crippen LogP contribution in [-0.2, 0) is 17.5 Å². The quantitative estimate of drug-likeness (QED) is 0.734. The van der Waals surface area contributed by atoms with Gasteiger partial charge in [0.25, 0.3) is 0 Å². The second kappa shape index (κ2) is 5.11. The van der Waals surface area contributed by atoms with Gasteiger partial charge in [-0.2, -0.15) is 0 Å². The number of anilines is 1. The number of nitrogen functional groups attached to an aromatic ring is 1. The monoisotopic (exact) mass is 266 g/mol. The Balaban J connectivity index is 2.44. The number of benzene rings is 1. The lowest BCUT2D eigenvalue weighted by Gasteiger charge is -2.26. The molecule has 0 saturated heterocycles. The number of aryl methyl sites for hydroxylation is 2. The molecule has 2 rings (SSSR count). The van der Waals surface area contributed by atoms with Crippen LogP contribution in [0.2, 0.25) is 0 Å². The van der Waals surface area contributed by atoms with E-state index in [4.69, 9.17) is 16.0 Å². The van der Waals surface area contributed by atoms with Gasteiger partial charge in [0.05, 0.1) is 0 Å². The summed E-state index contributed by atoms with van der Waals surface area (Å²) < 4.78 is 38.2. The van der Waals surface area contributed by atoms with Gasteiger partial charge in [-0.1, -0.05) is 6.07 Å². The number of fused-ring (bicyclic) bond motifs is 1. The van der Waals surface area contributed by atoms with E-state index < -0.39 is 37.5 Å². The van der Waals surface area contributed by atoms with Gasteiger partial charge in [0.2, 0.25) is 0 Å². The molecule has 4 nitrogen and oxygen atoms in total. The number of hydrogen-bond acceptors (Lipinski definition) is 3. The minimum atomic E-state index is -1.34. The largest absolute Gasteiger partial charge is 0.444 e. The first kappa shape index (κ1) is 9.23. The molecule has 1 aromatic carbocycles. The molecular formula is C15H22N2O2. The van der Waals surface area contributed by atoms with Crippen LogP contribution in [0.25, 0.3) is 0 Å². The Morgan fingerprint density at radius 1 is 1.32 bits per heavy atom. The topological polar surface area (TPSA) is 55.6 Å². The van der Waals surface area contributed by atoms with Crippen molar-refractivity contribution in [1.29, 1.82) is 0 Å². The summed E-state index contributed by atoms with van der Waals surface area (Å²) in [7, 11) is 0. The van der Waals surface area contributed by atoms with Gasteiger partial charge in [0.1, 0.15) is 5.60 Å². The predicted octanol–water partition coefficient (Wildman–Crippen LogP) is 2.60. The Labute approximate surface area is 120 Å². The summed E-state index contributed by atoms with van der Waals surface area (Å²) in [5, 5.41) is 0. The van der Waals surface area contributed by atoms with Crippen LogP contribution in [0.3, 0.4) is 0 Å². The Bertz CT molecular complexity index is 606. The van der Waals surface area contributed by atoms with E-state index in [9.17, 15) is 4.79 Å². The molecule has 0 aliphatic carbocycles. The van der Waals surface area contributed by atoms with E-state index in [0.717, 1.165) is 4.90 Å². The summed E-state index contributed by atoms with van der Waals surface area (Å²) in [5.41, 5.74) is 6.24. The van der Waals surface area contributed by atoms with E-state index >= 15 is 0 Å². The number of rotatable bonds is 0. The zero-order valence-electron chi connectivity index (χ0n) is 15.4. The van der Waals surface area contributed by atoms with Gasteiger partial charge >= 0.3 is 6.09 Å². The molecule has 0 bridgehead atoms. The Kier molecular flexibility index (Phi) is 2.49. The maximum Gasteiger partial charge on any atom is 0.410 e. The average molecular weight is 266 g/mol. The van der Waals surface area contributed by atoms with Crippen LogP contribution in [0.5, 0.6) is 0 Å². The second-order valence-corrected chi connectivity index (χ2v) is 5.41. The molecule has 1 aromatic rings. The lowest BCUT2D eigenvalue weighted by Crippen LogP contribution is -2.38. The van der Waals surface area contributed by atoms with Crippen molar-refractivity contribution in [2.45, 2.75) is 39.2 Å². The lowest BCUT2D eigenvalue weighted by atomic mass is 10.0. The fraction of sp³-hybridized carbons (Fsp3) is 0.533. The Morgan fingerprint density at radius 3 is 2.58 bits per heavy atom. The molecule has 1 aliphatic rings. The summed E-state index contributed by atoms with van der Waals surface area (Å²) in [6.45, 7) is 2.39. The number of hydrogen-bond donors (Lipinski definition) is 1. The zero-order valence-corrected chi connectivity index (χ0v) is 11.4. The highest BCUT2D eigenvalue weighted by atomic mass is 16.6. The molecule has 0 radical (unpaired) electrons. The average Bonchev–Trinajstić information content (AvgIpc) is 2.48. The van der Waals surface area contributed by atoms with Gasteiger partial charge in [0, 0.05) is 24.2 Å². The third kappa shape index (κ3) is 3.63. The third-order valence-electron chi connectivity index (χ3n) is 2.54. The highest BCUT2D eigenvalue weighted by Gasteiger charge is 2.23. The van der Waals surface area contributed by atoms with E-state index in [-0.39, 0.29) is 0 Å². The fourth-order valence-corrected chi connectivity index (χ4v) is 1.70. The number of carbonyl (C=O) groups excluding carboxylic acids is 1. The van der Waals surface area contributed by atoms with Crippen molar-refractivity contribution in [1.82, 2.24) is 4.90 Å². The minimum Gasteiger partial charge on any atom is -0.444 e. The highest BCUT2D eigenvalue weighted by Crippen LogP contribution is 2.20. The van der Waals surface area contributed by atoms with Crippen molar-refractivity contribution in [3.8, 4) is 0 Å². The van der Waals surface area contributed by atoms with E-state index in [2.05, 4.69) is 0 Å². The van der Waals surface area contributed by atoms with Crippen LogP contribution < -0.4 is 5.73 Å². The molecule has 1 amide bonds. The Hall–Kier alpha value is -1.71. The predicted molar refractivity (Wildman–Crippen MR) is 76.1 cm³/mol. The van der Waals surface area contributed by atoms with E-state index in [1.807, 2.05) is 0 Å². The smallest absolute Gasteiger partial charge is 0.410 e. The molecule has 104 valence electrons. The minimum absolute atomic E-state index is 0.410. The van der Waals surface area contributed by atoms with E-state index in [1.54, 1.807) is 39.0 Å². The molecule has 2 N–H and O–H groups in total. The van der Waals surface area contributed by atoms with Crippen LogP contribution in [0.15, 0.2) is 18.2 Å². The van der Waals surface area contributed by atoms with Crippen molar-refractivity contribution in [3.05, 3.63) is 29.3 Å². The fourth-order valence-electron chi connectivity index (χ4n) is 1.70. The van der Waals surface area contributed by atoms with Gasteiger partial charge < -0.3 is 15.4 Å². The van der Waals surface area contributed by atoms with Crippen LogP contribution in [-0.4, -0.2) is 29.6 Å². The second-order valence-electron chi connectivity index (χ2n) is 5.41. The van der Waals surface area contributed by atoms with Crippen LogP contribution >= 0.6 is 0 Å². The summed E-state index contributed by atoms with van der Waals surface area (Å²) in [4.78, 5) is 13.2.